The van der Waals surface area contributed by atoms with Crippen LogP contribution in [0.3, 0.4) is 0 Å². The van der Waals surface area contributed by atoms with Crippen LogP contribution in [0.25, 0.3) is 10.2 Å². The SMILES string of the molecule is O=C(NCc1cccs1)c1ccc2sc([C@H]3C[C@H](O)[C@@H](CO)O3)nc2c1. The van der Waals surface area contributed by atoms with Crippen molar-refractivity contribution >= 4 is 38.8 Å². The van der Waals surface area contributed by atoms with E-state index in [1.165, 1.54) is 11.3 Å². The molecule has 3 heterocycles. The second-order valence-electron chi connectivity index (χ2n) is 6.15. The number of hydrogen-bond acceptors (Lipinski definition) is 7. The largest absolute Gasteiger partial charge is 0.394 e. The minimum absolute atomic E-state index is 0.136. The first-order valence-electron chi connectivity index (χ1n) is 8.29. The summed E-state index contributed by atoms with van der Waals surface area (Å²) in [5.41, 5.74) is 1.30. The first-order chi connectivity index (χ1) is 12.6. The van der Waals surface area contributed by atoms with Gasteiger partial charge in [0, 0.05) is 16.9 Å². The summed E-state index contributed by atoms with van der Waals surface area (Å²) in [5, 5.41) is 24.7. The smallest absolute Gasteiger partial charge is 0.251 e. The molecule has 8 heteroatoms. The summed E-state index contributed by atoms with van der Waals surface area (Å²) >= 11 is 3.09. The number of rotatable bonds is 5. The maximum absolute atomic E-state index is 12.4. The van der Waals surface area contributed by atoms with Crippen molar-refractivity contribution in [1.82, 2.24) is 10.3 Å². The summed E-state index contributed by atoms with van der Waals surface area (Å²) in [6.45, 7) is 0.296. The van der Waals surface area contributed by atoms with Gasteiger partial charge in [-0.1, -0.05) is 6.07 Å². The van der Waals surface area contributed by atoms with Crippen LogP contribution in [0.5, 0.6) is 0 Å². The molecule has 1 aliphatic heterocycles. The third-order valence-electron chi connectivity index (χ3n) is 4.35. The fourth-order valence-corrected chi connectivity index (χ4v) is 4.60. The Hall–Kier alpha value is -1.84. The molecule has 1 aromatic carbocycles. The summed E-state index contributed by atoms with van der Waals surface area (Å²) in [5.74, 6) is -0.136. The van der Waals surface area contributed by atoms with E-state index in [9.17, 15) is 15.0 Å². The lowest BCUT2D eigenvalue weighted by atomic mass is 10.1. The third kappa shape index (κ3) is 3.51. The Bertz CT molecular complexity index is 909. The summed E-state index contributed by atoms with van der Waals surface area (Å²) < 4.78 is 6.62. The van der Waals surface area contributed by atoms with Gasteiger partial charge in [0.15, 0.2) is 0 Å². The van der Waals surface area contributed by atoms with Crippen LogP contribution in [0, 0.1) is 0 Å². The zero-order valence-corrected chi connectivity index (χ0v) is 15.4. The number of thiophene rings is 1. The molecule has 0 unspecified atom stereocenters. The van der Waals surface area contributed by atoms with E-state index in [0.29, 0.717) is 18.5 Å². The van der Waals surface area contributed by atoms with Crippen LogP contribution in [0.2, 0.25) is 0 Å². The normalized spacial score (nSPS) is 22.8. The predicted octanol–water partition coefficient (Wildman–Crippen LogP) is 2.47. The van der Waals surface area contributed by atoms with Gasteiger partial charge in [-0.25, -0.2) is 4.98 Å². The lowest BCUT2D eigenvalue weighted by Gasteiger charge is -2.09. The van der Waals surface area contributed by atoms with Gasteiger partial charge in [0.25, 0.3) is 5.91 Å². The fourth-order valence-electron chi connectivity index (χ4n) is 2.96. The minimum Gasteiger partial charge on any atom is -0.394 e. The number of carbonyl (C=O) groups is 1. The zero-order chi connectivity index (χ0) is 18.1. The first kappa shape index (κ1) is 17.6. The van der Waals surface area contributed by atoms with Crippen molar-refractivity contribution in [3.8, 4) is 0 Å². The molecule has 1 aliphatic rings. The Morgan fingerprint density at radius 1 is 1.38 bits per heavy atom. The number of aliphatic hydroxyl groups is 2. The molecule has 1 saturated heterocycles. The van der Waals surface area contributed by atoms with Crippen LogP contribution in [0.15, 0.2) is 35.7 Å². The second kappa shape index (κ2) is 7.42. The average molecular weight is 390 g/mol. The molecule has 26 heavy (non-hydrogen) atoms. The predicted molar refractivity (Wildman–Crippen MR) is 100 cm³/mol. The summed E-state index contributed by atoms with van der Waals surface area (Å²) in [6.07, 6.45) is -1.16. The number of hydrogen-bond donors (Lipinski definition) is 3. The molecule has 0 radical (unpaired) electrons. The van der Waals surface area contributed by atoms with Crippen molar-refractivity contribution in [2.75, 3.05) is 6.61 Å². The van der Waals surface area contributed by atoms with Gasteiger partial charge in [-0.15, -0.1) is 22.7 Å². The topological polar surface area (TPSA) is 91.7 Å². The van der Waals surface area contributed by atoms with Crippen molar-refractivity contribution in [3.05, 3.63) is 51.2 Å². The molecule has 0 spiro atoms. The van der Waals surface area contributed by atoms with E-state index >= 15 is 0 Å². The number of carbonyl (C=O) groups excluding carboxylic acids is 1. The molecule has 3 atom stereocenters. The quantitative estimate of drug-likeness (QED) is 0.623. The highest BCUT2D eigenvalue weighted by molar-refractivity contribution is 7.18. The third-order valence-corrected chi connectivity index (χ3v) is 6.35. The molecule has 0 saturated carbocycles. The molecule has 3 aromatic rings. The van der Waals surface area contributed by atoms with Crippen molar-refractivity contribution < 1.29 is 19.7 Å². The number of benzene rings is 1. The van der Waals surface area contributed by atoms with Gasteiger partial charge < -0.3 is 20.3 Å². The number of nitrogens with zero attached hydrogens (tertiary/aromatic N) is 1. The number of aliphatic hydroxyl groups excluding tert-OH is 2. The molecule has 3 N–H and O–H groups in total. The Labute approximate surface area is 158 Å². The van der Waals surface area contributed by atoms with E-state index in [1.54, 1.807) is 23.5 Å². The second-order valence-corrected chi connectivity index (χ2v) is 8.24. The Morgan fingerprint density at radius 3 is 3.00 bits per heavy atom. The molecule has 1 amide bonds. The molecule has 1 fully saturated rings. The van der Waals surface area contributed by atoms with E-state index in [1.807, 2.05) is 23.6 Å². The van der Waals surface area contributed by atoms with Gasteiger partial charge in [-0.3, -0.25) is 4.79 Å². The van der Waals surface area contributed by atoms with E-state index in [-0.39, 0.29) is 18.6 Å². The minimum atomic E-state index is -0.685. The van der Waals surface area contributed by atoms with Gasteiger partial charge in [-0.05, 0) is 29.6 Å². The summed E-state index contributed by atoms with van der Waals surface area (Å²) in [7, 11) is 0. The number of thiazole rings is 1. The van der Waals surface area contributed by atoms with Crippen LogP contribution in [0.4, 0.5) is 0 Å². The van der Waals surface area contributed by atoms with E-state index < -0.39 is 12.2 Å². The molecule has 6 nitrogen and oxygen atoms in total. The molecule has 0 aliphatic carbocycles. The first-order valence-corrected chi connectivity index (χ1v) is 9.99. The Morgan fingerprint density at radius 2 is 2.27 bits per heavy atom. The molecule has 136 valence electrons. The molecular formula is C18H18N2O4S2. The fraction of sp³-hybridized carbons (Fsp3) is 0.333. The van der Waals surface area contributed by atoms with Crippen LogP contribution in [-0.4, -0.2) is 39.9 Å². The zero-order valence-electron chi connectivity index (χ0n) is 13.8. The van der Waals surface area contributed by atoms with E-state index in [0.717, 1.165) is 20.1 Å². The molecule has 0 bridgehead atoms. The highest BCUT2D eigenvalue weighted by atomic mass is 32.1. The monoisotopic (exact) mass is 390 g/mol. The lowest BCUT2D eigenvalue weighted by molar-refractivity contribution is -0.0225. The Kier molecular flexibility index (Phi) is 5.01. The van der Waals surface area contributed by atoms with Crippen LogP contribution < -0.4 is 5.32 Å². The highest BCUT2D eigenvalue weighted by Crippen LogP contribution is 2.37. The number of ether oxygens (including phenoxy) is 1. The number of amides is 1. The van der Waals surface area contributed by atoms with Crippen LogP contribution in [0.1, 0.15) is 32.8 Å². The van der Waals surface area contributed by atoms with Gasteiger partial charge >= 0.3 is 0 Å². The maximum atomic E-state index is 12.4. The van der Waals surface area contributed by atoms with Crippen LogP contribution in [-0.2, 0) is 11.3 Å². The maximum Gasteiger partial charge on any atom is 0.251 e. The highest BCUT2D eigenvalue weighted by Gasteiger charge is 2.35. The van der Waals surface area contributed by atoms with Crippen molar-refractivity contribution in [2.24, 2.45) is 0 Å². The number of aromatic nitrogens is 1. The number of nitrogens with one attached hydrogen (secondary N) is 1. The number of fused-ring (bicyclic) bond motifs is 1. The Balaban J connectivity index is 1.50. The average Bonchev–Trinajstić information content (AvgIpc) is 3.37. The van der Waals surface area contributed by atoms with Gasteiger partial charge in [0.2, 0.25) is 0 Å². The molecule has 4 rings (SSSR count). The van der Waals surface area contributed by atoms with Crippen molar-refractivity contribution in [1.29, 1.82) is 0 Å². The van der Waals surface area contributed by atoms with E-state index in [4.69, 9.17) is 4.74 Å². The summed E-state index contributed by atoms with van der Waals surface area (Å²) in [4.78, 5) is 18.0. The van der Waals surface area contributed by atoms with Gasteiger partial charge in [-0.2, -0.15) is 0 Å². The van der Waals surface area contributed by atoms with Crippen LogP contribution >= 0.6 is 22.7 Å². The summed E-state index contributed by atoms with van der Waals surface area (Å²) in [6, 6.07) is 9.38. The van der Waals surface area contributed by atoms with Crippen molar-refractivity contribution in [2.45, 2.75) is 31.3 Å². The van der Waals surface area contributed by atoms with E-state index in [2.05, 4.69) is 10.3 Å². The van der Waals surface area contributed by atoms with Gasteiger partial charge in [0.05, 0.1) is 29.5 Å². The lowest BCUT2D eigenvalue weighted by Crippen LogP contribution is -2.24. The molecular weight excluding hydrogens is 372 g/mol. The van der Waals surface area contributed by atoms with Gasteiger partial charge in [0.1, 0.15) is 17.2 Å². The molecule has 2 aromatic heterocycles. The standard InChI is InChI=1S/C18H18N2O4S2/c21-9-15-13(22)7-14(24-15)18-20-12-6-10(3-4-16(12)26-18)17(23)19-8-11-2-1-5-25-11/h1-6,13-15,21-22H,7-9H2,(H,19,23)/t13-,14+,15+/m0/s1. The van der Waals surface area contributed by atoms with Crippen molar-refractivity contribution in [3.63, 3.8) is 0 Å².